The molecule has 1 aromatic heterocycles. The molecule has 23 heavy (non-hydrogen) atoms. The van der Waals surface area contributed by atoms with Crippen molar-refractivity contribution in [2.75, 3.05) is 13.1 Å². The van der Waals surface area contributed by atoms with Crippen LogP contribution in [0.25, 0.3) is 0 Å². The second-order valence-electron chi connectivity index (χ2n) is 5.55. The lowest BCUT2D eigenvalue weighted by Crippen LogP contribution is -2.42. The van der Waals surface area contributed by atoms with Crippen LogP contribution in [0.4, 0.5) is 4.39 Å². The highest BCUT2D eigenvalue weighted by atomic mass is 35.5. The second-order valence-corrected chi connectivity index (χ2v) is 5.96. The van der Waals surface area contributed by atoms with Gasteiger partial charge in [-0.2, -0.15) is 0 Å². The maximum absolute atomic E-state index is 14.2. The maximum Gasteiger partial charge on any atom is 0.325 e. The molecule has 1 fully saturated rings. The number of benzene rings is 1. The van der Waals surface area contributed by atoms with Gasteiger partial charge < -0.3 is 5.11 Å². The number of carboxylic acid groups (broad SMARTS) is 1. The minimum atomic E-state index is -1.12. The lowest BCUT2D eigenvalue weighted by Gasteiger charge is -2.36. The third-order valence-corrected chi connectivity index (χ3v) is 4.44. The van der Waals surface area contributed by atoms with Crippen LogP contribution in [0.3, 0.4) is 0 Å². The Hall–Kier alpha value is -1.99. The summed E-state index contributed by atoms with van der Waals surface area (Å²) in [6.45, 7) is 1.01. The molecule has 8 heteroatoms. The molecular weight excluding hydrogens is 323 g/mol. The molecule has 0 radical (unpaired) electrons. The van der Waals surface area contributed by atoms with Gasteiger partial charge in [-0.3, -0.25) is 9.69 Å². The number of rotatable bonds is 4. The number of likely N-dealkylation sites (tertiary alicyclic amines) is 1. The minimum Gasteiger partial charge on any atom is -0.480 e. The van der Waals surface area contributed by atoms with E-state index in [1.54, 1.807) is 22.0 Å². The summed E-state index contributed by atoms with van der Waals surface area (Å²) in [6.07, 6.45) is 5.00. The summed E-state index contributed by atoms with van der Waals surface area (Å²) in [5.74, 6) is -1.72. The number of aliphatic carboxylic acids is 1. The number of hydrogen-bond donors (Lipinski definition) is 1. The average molecular weight is 339 g/mol. The molecule has 0 aliphatic carbocycles. The second kappa shape index (κ2) is 6.64. The number of hydrogen-bond acceptors (Lipinski definition) is 4. The maximum atomic E-state index is 14.2. The molecule has 2 atom stereocenters. The van der Waals surface area contributed by atoms with E-state index in [4.69, 9.17) is 11.6 Å². The van der Waals surface area contributed by atoms with Gasteiger partial charge in [0, 0.05) is 23.3 Å². The van der Waals surface area contributed by atoms with Crippen LogP contribution in [0.1, 0.15) is 30.5 Å². The summed E-state index contributed by atoms with van der Waals surface area (Å²) in [7, 11) is 0. The zero-order chi connectivity index (χ0) is 16.4. The molecule has 2 aromatic rings. The van der Waals surface area contributed by atoms with Crippen molar-refractivity contribution in [3.8, 4) is 0 Å². The van der Waals surface area contributed by atoms with Gasteiger partial charge in [0.1, 0.15) is 11.9 Å². The molecule has 1 saturated heterocycles. The third kappa shape index (κ3) is 3.20. The molecule has 1 N–H and O–H groups in total. The van der Waals surface area contributed by atoms with Crippen LogP contribution < -0.4 is 0 Å². The smallest absolute Gasteiger partial charge is 0.325 e. The quantitative estimate of drug-likeness (QED) is 0.927. The van der Waals surface area contributed by atoms with Crippen molar-refractivity contribution in [3.05, 3.63) is 47.0 Å². The van der Waals surface area contributed by atoms with Gasteiger partial charge in [0.2, 0.25) is 0 Å². The van der Waals surface area contributed by atoms with Gasteiger partial charge in [-0.25, -0.2) is 9.07 Å². The van der Waals surface area contributed by atoms with Gasteiger partial charge in [-0.15, -0.1) is 5.10 Å². The summed E-state index contributed by atoms with van der Waals surface area (Å²) in [5.41, 5.74) is 0.0147. The van der Waals surface area contributed by atoms with Crippen molar-refractivity contribution in [2.45, 2.75) is 24.9 Å². The number of aromatic nitrogens is 3. The van der Waals surface area contributed by atoms with Crippen LogP contribution >= 0.6 is 11.6 Å². The molecule has 1 aromatic carbocycles. The Labute approximate surface area is 137 Å². The van der Waals surface area contributed by atoms with E-state index in [0.29, 0.717) is 13.1 Å². The van der Waals surface area contributed by atoms with Crippen LogP contribution in [0.15, 0.2) is 30.6 Å². The molecule has 2 unspecified atom stereocenters. The van der Waals surface area contributed by atoms with Gasteiger partial charge in [0.15, 0.2) is 0 Å². The zero-order valence-electron chi connectivity index (χ0n) is 12.3. The van der Waals surface area contributed by atoms with Gasteiger partial charge in [0.25, 0.3) is 0 Å². The number of nitrogens with zero attached hydrogens (tertiary/aromatic N) is 4. The summed E-state index contributed by atoms with van der Waals surface area (Å²) in [4.78, 5) is 13.5. The monoisotopic (exact) mass is 338 g/mol. The fourth-order valence-corrected chi connectivity index (χ4v) is 3.35. The standard InChI is InChI=1S/C15H16ClFN4O2/c16-11-4-1-5-12(17)13(11)14(15(22)23)20-7-2-3-10(9-20)21-8-6-18-19-21/h1,4-6,8,10,14H,2-3,7,9H2,(H,22,23). The predicted octanol–water partition coefficient (Wildman–Crippen LogP) is 2.53. The van der Waals surface area contributed by atoms with E-state index in [9.17, 15) is 14.3 Å². The minimum absolute atomic E-state index is 0.0126. The first-order chi connectivity index (χ1) is 11.1. The van der Waals surface area contributed by atoms with Crippen LogP contribution in [0.5, 0.6) is 0 Å². The van der Waals surface area contributed by atoms with Crippen LogP contribution in [0, 0.1) is 5.82 Å². The van der Waals surface area contributed by atoms with Crippen LogP contribution in [0.2, 0.25) is 5.02 Å². The lowest BCUT2D eigenvalue weighted by atomic mass is 9.99. The summed E-state index contributed by atoms with van der Waals surface area (Å²) in [6, 6.07) is 3.10. The fraction of sp³-hybridized carbons (Fsp3) is 0.400. The van der Waals surface area contributed by atoms with E-state index in [-0.39, 0.29) is 16.6 Å². The van der Waals surface area contributed by atoms with E-state index in [1.807, 2.05) is 0 Å². The molecule has 6 nitrogen and oxygen atoms in total. The molecule has 3 rings (SSSR count). The number of piperidine rings is 1. The lowest BCUT2D eigenvalue weighted by molar-refractivity contribution is -0.144. The highest BCUT2D eigenvalue weighted by molar-refractivity contribution is 6.31. The van der Waals surface area contributed by atoms with Gasteiger partial charge in [0.05, 0.1) is 12.2 Å². The van der Waals surface area contributed by atoms with Crippen molar-refractivity contribution in [2.24, 2.45) is 0 Å². The first kappa shape index (κ1) is 15.9. The highest BCUT2D eigenvalue weighted by Crippen LogP contribution is 2.34. The van der Waals surface area contributed by atoms with Crippen LogP contribution in [-0.2, 0) is 4.79 Å². The average Bonchev–Trinajstić information content (AvgIpc) is 3.05. The largest absolute Gasteiger partial charge is 0.480 e. The Morgan fingerprint density at radius 1 is 1.48 bits per heavy atom. The zero-order valence-corrected chi connectivity index (χ0v) is 13.0. The Morgan fingerprint density at radius 2 is 2.30 bits per heavy atom. The summed E-state index contributed by atoms with van der Waals surface area (Å²) < 4.78 is 15.9. The first-order valence-electron chi connectivity index (χ1n) is 7.34. The van der Waals surface area contributed by atoms with E-state index < -0.39 is 17.8 Å². The molecule has 1 aliphatic rings. The van der Waals surface area contributed by atoms with E-state index in [1.165, 1.54) is 18.2 Å². The Morgan fingerprint density at radius 3 is 2.96 bits per heavy atom. The van der Waals surface area contributed by atoms with Crippen molar-refractivity contribution in [1.29, 1.82) is 0 Å². The number of carboxylic acids is 1. The van der Waals surface area contributed by atoms with Crippen molar-refractivity contribution in [1.82, 2.24) is 19.9 Å². The predicted molar refractivity (Wildman–Crippen MR) is 81.7 cm³/mol. The Balaban J connectivity index is 1.91. The SMILES string of the molecule is O=C(O)C(c1c(F)cccc1Cl)N1CCCC(n2ccnn2)C1. The van der Waals surface area contributed by atoms with E-state index in [2.05, 4.69) is 10.3 Å². The molecule has 0 saturated carbocycles. The molecule has 2 heterocycles. The fourth-order valence-electron chi connectivity index (χ4n) is 3.08. The Kier molecular flexibility index (Phi) is 4.58. The van der Waals surface area contributed by atoms with Crippen LogP contribution in [-0.4, -0.2) is 44.1 Å². The Bertz CT molecular complexity index is 675. The molecule has 1 aliphatic heterocycles. The van der Waals surface area contributed by atoms with Gasteiger partial charge in [-0.1, -0.05) is 22.9 Å². The number of carbonyl (C=O) groups is 1. The molecule has 0 amide bonds. The van der Waals surface area contributed by atoms with Gasteiger partial charge >= 0.3 is 5.97 Å². The topological polar surface area (TPSA) is 71.2 Å². The molecule has 122 valence electrons. The number of halogens is 2. The van der Waals surface area contributed by atoms with E-state index >= 15 is 0 Å². The normalized spacial score (nSPS) is 20.3. The van der Waals surface area contributed by atoms with Crippen molar-refractivity contribution < 1.29 is 14.3 Å². The van der Waals surface area contributed by atoms with E-state index in [0.717, 1.165) is 12.8 Å². The van der Waals surface area contributed by atoms with Crippen molar-refractivity contribution in [3.63, 3.8) is 0 Å². The summed E-state index contributed by atoms with van der Waals surface area (Å²) >= 11 is 6.07. The highest BCUT2D eigenvalue weighted by Gasteiger charge is 2.35. The molecule has 0 bridgehead atoms. The van der Waals surface area contributed by atoms with Crippen molar-refractivity contribution >= 4 is 17.6 Å². The molecule has 0 spiro atoms. The first-order valence-corrected chi connectivity index (χ1v) is 7.72. The molecular formula is C15H16ClFN4O2. The third-order valence-electron chi connectivity index (χ3n) is 4.12. The summed E-state index contributed by atoms with van der Waals surface area (Å²) in [5, 5.41) is 17.5. The van der Waals surface area contributed by atoms with Gasteiger partial charge in [-0.05, 0) is 31.5 Å².